The normalized spacial score (nSPS) is 15.8. The van der Waals surface area contributed by atoms with Gasteiger partial charge in [-0.15, -0.1) is 0 Å². The van der Waals surface area contributed by atoms with Crippen molar-refractivity contribution in [3.8, 4) is 0 Å². The molecule has 1 amide bonds. The van der Waals surface area contributed by atoms with Crippen LogP contribution in [0.1, 0.15) is 13.3 Å². The second-order valence-corrected chi connectivity index (χ2v) is 2.28. The molecule has 1 aliphatic heterocycles. The first-order valence-electron chi connectivity index (χ1n) is 4.11. The lowest BCUT2D eigenvalue weighted by Gasteiger charge is -2.11. The number of nitrogens with one attached hydrogen (secondary N) is 2. The van der Waals surface area contributed by atoms with Gasteiger partial charge in [0.2, 0.25) is 0 Å². The molecule has 0 spiro atoms. The van der Waals surface area contributed by atoms with Crippen molar-refractivity contribution in [3.63, 3.8) is 0 Å². The number of hydrogen-bond acceptors (Lipinski definition) is 4. The molecule has 12 heavy (non-hydrogen) atoms. The zero-order chi connectivity index (χ0) is 9.23. The highest BCUT2D eigenvalue weighted by molar-refractivity contribution is 5.64. The quantitative estimate of drug-likeness (QED) is 0.508. The van der Waals surface area contributed by atoms with E-state index in [4.69, 9.17) is 0 Å². The smallest absolute Gasteiger partial charge is 0.404 e. The van der Waals surface area contributed by atoms with Crippen molar-refractivity contribution in [2.45, 2.75) is 13.3 Å². The molecule has 0 unspecified atom stereocenters. The summed E-state index contributed by atoms with van der Waals surface area (Å²) in [6.07, 6.45) is 0.567. The van der Waals surface area contributed by atoms with Gasteiger partial charge in [-0.1, -0.05) is 0 Å². The number of carbonyl (C=O) groups is 1. The molecule has 4 N–H and O–H groups in total. The zero-order valence-electron chi connectivity index (χ0n) is 7.43. The molecule has 0 aliphatic carbocycles. The molecular formula is C7H17N3O2. The largest absolute Gasteiger partial charge is 0.450 e. The van der Waals surface area contributed by atoms with E-state index in [1.54, 1.807) is 6.92 Å². The first-order chi connectivity index (χ1) is 5.77. The molecule has 1 heterocycles. The lowest BCUT2D eigenvalue weighted by atomic mass is 10.4. The Morgan fingerprint density at radius 2 is 2.08 bits per heavy atom. The summed E-state index contributed by atoms with van der Waals surface area (Å²) in [7, 11) is 0. The lowest BCUT2D eigenvalue weighted by Crippen LogP contribution is -2.37. The van der Waals surface area contributed by atoms with Gasteiger partial charge in [0.1, 0.15) is 0 Å². The molecule has 0 aromatic rings. The fraction of sp³-hybridized carbons (Fsp3) is 0.857. The van der Waals surface area contributed by atoms with Crippen molar-refractivity contribution >= 4 is 6.09 Å². The fourth-order valence-electron chi connectivity index (χ4n) is 0.746. The molecular weight excluding hydrogens is 158 g/mol. The maximum Gasteiger partial charge on any atom is 0.404 e. The van der Waals surface area contributed by atoms with Crippen LogP contribution >= 0.6 is 0 Å². The number of ether oxygens (including phenoxy) is 1. The Hall–Kier alpha value is -0.810. The van der Waals surface area contributed by atoms with E-state index >= 15 is 0 Å². The van der Waals surface area contributed by atoms with Gasteiger partial charge in [-0.3, -0.25) is 0 Å². The van der Waals surface area contributed by atoms with Crippen molar-refractivity contribution in [2.75, 3.05) is 26.4 Å². The Balaban J connectivity index is 0.000000202. The van der Waals surface area contributed by atoms with Crippen molar-refractivity contribution in [1.29, 1.82) is 0 Å². The average Bonchev–Trinajstić information content (AvgIpc) is 2.08. The van der Waals surface area contributed by atoms with E-state index in [9.17, 15) is 4.79 Å². The Morgan fingerprint density at radius 3 is 2.17 bits per heavy atom. The van der Waals surface area contributed by atoms with Crippen molar-refractivity contribution in [3.05, 3.63) is 0 Å². The third kappa shape index (κ3) is 9.19. The van der Waals surface area contributed by atoms with Gasteiger partial charge in [-0.25, -0.2) is 4.79 Å². The number of carbonyl (C=O) groups excluding carboxylic acids is 1. The number of nitrogens with two attached hydrogens (primary N) is 1. The summed E-state index contributed by atoms with van der Waals surface area (Å²) >= 11 is 0. The van der Waals surface area contributed by atoms with Gasteiger partial charge in [0.05, 0.1) is 6.61 Å². The monoisotopic (exact) mass is 175 g/mol. The zero-order valence-corrected chi connectivity index (χ0v) is 7.43. The summed E-state index contributed by atoms with van der Waals surface area (Å²) in [5.41, 5.74) is 4.54. The van der Waals surface area contributed by atoms with Crippen molar-refractivity contribution in [2.24, 2.45) is 5.73 Å². The molecule has 0 bridgehead atoms. The van der Waals surface area contributed by atoms with Crippen LogP contribution in [-0.4, -0.2) is 32.5 Å². The molecule has 0 aromatic carbocycles. The van der Waals surface area contributed by atoms with E-state index in [1.807, 2.05) is 0 Å². The molecule has 0 radical (unpaired) electrons. The number of hydrogen-bond donors (Lipinski definition) is 3. The molecule has 1 aliphatic rings. The van der Waals surface area contributed by atoms with Crippen LogP contribution < -0.4 is 16.4 Å². The van der Waals surface area contributed by atoms with Crippen LogP contribution in [0.4, 0.5) is 4.79 Å². The van der Waals surface area contributed by atoms with Crippen LogP contribution in [0, 0.1) is 0 Å². The number of rotatable bonds is 1. The molecule has 1 saturated heterocycles. The van der Waals surface area contributed by atoms with Crippen molar-refractivity contribution in [1.82, 2.24) is 10.6 Å². The van der Waals surface area contributed by atoms with E-state index in [1.165, 1.54) is 19.5 Å². The van der Waals surface area contributed by atoms with E-state index < -0.39 is 6.09 Å². The summed E-state index contributed by atoms with van der Waals surface area (Å²) in [5, 5.41) is 6.35. The highest BCUT2D eigenvalue weighted by Gasteiger charge is 1.91. The third-order valence-corrected chi connectivity index (χ3v) is 1.24. The van der Waals surface area contributed by atoms with Crippen molar-refractivity contribution < 1.29 is 9.53 Å². The molecule has 5 nitrogen and oxygen atoms in total. The highest BCUT2D eigenvalue weighted by atomic mass is 16.5. The first kappa shape index (κ1) is 11.2. The summed E-state index contributed by atoms with van der Waals surface area (Å²) in [4.78, 5) is 9.60. The standard InChI is InChI=1S/C4H10N2.C3H7NO2/c1-2-5-4-6-3-1;1-2-6-3(4)5/h5-6H,1-4H2;2H2,1H3,(H2,4,5). The average molecular weight is 175 g/mol. The predicted octanol–water partition coefficient (Wildman–Crippen LogP) is -0.372. The number of primary amides is 1. The highest BCUT2D eigenvalue weighted by Crippen LogP contribution is 1.75. The summed E-state index contributed by atoms with van der Waals surface area (Å²) in [5.74, 6) is 0. The van der Waals surface area contributed by atoms with Gasteiger partial charge in [-0.05, 0) is 26.4 Å². The maximum absolute atomic E-state index is 9.60. The van der Waals surface area contributed by atoms with E-state index in [-0.39, 0.29) is 0 Å². The van der Waals surface area contributed by atoms with Crippen LogP contribution in [0.15, 0.2) is 0 Å². The second-order valence-electron chi connectivity index (χ2n) is 2.28. The van der Waals surface area contributed by atoms with Crippen LogP contribution in [0.3, 0.4) is 0 Å². The Kier molecular flexibility index (Phi) is 7.73. The molecule has 5 heteroatoms. The van der Waals surface area contributed by atoms with Crippen LogP contribution in [0.25, 0.3) is 0 Å². The summed E-state index contributed by atoms with van der Waals surface area (Å²) in [6, 6.07) is 0. The SMILES string of the molecule is C1CNCNC1.CCOC(N)=O. The summed E-state index contributed by atoms with van der Waals surface area (Å²) in [6.45, 7) is 5.43. The Bertz CT molecular complexity index is 104. The first-order valence-corrected chi connectivity index (χ1v) is 4.11. The minimum Gasteiger partial charge on any atom is -0.450 e. The minimum atomic E-state index is -0.711. The van der Waals surface area contributed by atoms with Crippen LogP contribution in [0.2, 0.25) is 0 Å². The van der Waals surface area contributed by atoms with Gasteiger partial charge >= 0.3 is 6.09 Å². The van der Waals surface area contributed by atoms with Gasteiger partial charge in [0, 0.05) is 6.67 Å². The molecule has 0 atom stereocenters. The van der Waals surface area contributed by atoms with E-state index in [0.29, 0.717) is 6.61 Å². The fourth-order valence-corrected chi connectivity index (χ4v) is 0.746. The van der Waals surface area contributed by atoms with Crippen LogP contribution in [0.5, 0.6) is 0 Å². The molecule has 1 fully saturated rings. The predicted molar refractivity (Wildman–Crippen MR) is 46.7 cm³/mol. The third-order valence-electron chi connectivity index (χ3n) is 1.24. The maximum atomic E-state index is 9.60. The van der Waals surface area contributed by atoms with Gasteiger partial charge < -0.3 is 21.1 Å². The van der Waals surface area contributed by atoms with Gasteiger partial charge in [0.15, 0.2) is 0 Å². The van der Waals surface area contributed by atoms with E-state index in [0.717, 1.165) is 6.67 Å². The van der Waals surface area contributed by atoms with E-state index in [2.05, 4.69) is 21.1 Å². The van der Waals surface area contributed by atoms with Gasteiger partial charge in [0.25, 0.3) is 0 Å². The molecule has 72 valence electrons. The molecule has 1 rings (SSSR count). The molecule has 0 saturated carbocycles. The number of amides is 1. The van der Waals surface area contributed by atoms with Crippen LogP contribution in [-0.2, 0) is 4.74 Å². The summed E-state index contributed by atoms with van der Waals surface area (Å²) < 4.78 is 4.18. The minimum absolute atomic E-state index is 0.356. The van der Waals surface area contributed by atoms with Gasteiger partial charge in [-0.2, -0.15) is 0 Å². The Labute approximate surface area is 72.6 Å². The Morgan fingerprint density at radius 1 is 1.50 bits per heavy atom. The lowest BCUT2D eigenvalue weighted by molar-refractivity contribution is 0.163. The molecule has 0 aromatic heterocycles. The topological polar surface area (TPSA) is 76.4 Å². The second kappa shape index (κ2) is 8.29.